The third kappa shape index (κ3) is 6.97. The molecule has 0 aliphatic heterocycles. The summed E-state index contributed by atoms with van der Waals surface area (Å²) in [6, 6.07) is -0.531. The van der Waals surface area contributed by atoms with Gasteiger partial charge in [0.25, 0.3) is 0 Å². The normalized spacial score (nSPS) is 14.8. The molecule has 0 aliphatic rings. The predicted octanol–water partition coefficient (Wildman–Crippen LogP) is 0.578. The van der Waals surface area contributed by atoms with E-state index in [0.717, 1.165) is 19.1 Å². The number of nitrogens with one attached hydrogen (secondary N) is 2. The molecule has 0 saturated heterocycles. The largest absolute Gasteiger partial charge is 0.379 e. The molecule has 7 heteroatoms. The molecular weight excluding hydrogens is 310 g/mol. The SMILES string of the molecule is CCCC(C(CC=O)OC)N(C)C(=O)CNC(=O)C(NC)C(C)C. The Labute approximate surface area is 145 Å². The monoisotopic (exact) mass is 343 g/mol. The summed E-state index contributed by atoms with van der Waals surface area (Å²) in [5, 5.41) is 5.62. The van der Waals surface area contributed by atoms with Gasteiger partial charge in [-0.15, -0.1) is 0 Å². The van der Waals surface area contributed by atoms with E-state index in [2.05, 4.69) is 10.6 Å². The van der Waals surface area contributed by atoms with Crippen molar-refractivity contribution < 1.29 is 19.1 Å². The van der Waals surface area contributed by atoms with E-state index in [1.165, 1.54) is 7.11 Å². The molecular formula is C17H33N3O4. The highest BCUT2D eigenvalue weighted by Crippen LogP contribution is 2.15. The predicted molar refractivity (Wildman–Crippen MR) is 93.6 cm³/mol. The van der Waals surface area contributed by atoms with Crippen LogP contribution in [0.5, 0.6) is 0 Å². The number of nitrogens with zero attached hydrogens (tertiary/aromatic N) is 1. The van der Waals surface area contributed by atoms with E-state index in [1.54, 1.807) is 19.0 Å². The quantitative estimate of drug-likeness (QED) is 0.506. The van der Waals surface area contributed by atoms with Crippen LogP contribution in [0.1, 0.15) is 40.0 Å². The lowest BCUT2D eigenvalue weighted by atomic mass is 10.0. The van der Waals surface area contributed by atoms with Gasteiger partial charge in [0.2, 0.25) is 11.8 Å². The second kappa shape index (κ2) is 12.0. The van der Waals surface area contributed by atoms with Gasteiger partial charge in [0.15, 0.2) is 0 Å². The van der Waals surface area contributed by atoms with Crippen LogP contribution in [0.3, 0.4) is 0 Å². The van der Waals surface area contributed by atoms with Gasteiger partial charge >= 0.3 is 0 Å². The Morgan fingerprint density at radius 1 is 1.29 bits per heavy atom. The van der Waals surface area contributed by atoms with Crippen LogP contribution in [0.25, 0.3) is 0 Å². The number of amides is 2. The summed E-state index contributed by atoms with van der Waals surface area (Å²) in [5.41, 5.74) is 0. The molecule has 0 bridgehead atoms. The van der Waals surface area contributed by atoms with Crippen LogP contribution in [-0.2, 0) is 19.1 Å². The first kappa shape index (κ1) is 22.5. The van der Waals surface area contributed by atoms with Gasteiger partial charge in [0.1, 0.15) is 6.29 Å². The summed E-state index contributed by atoms with van der Waals surface area (Å²) >= 11 is 0. The highest BCUT2D eigenvalue weighted by Gasteiger charge is 2.28. The number of carbonyl (C=O) groups excluding carboxylic acids is 3. The maximum atomic E-state index is 12.4. The van der Waals surface area contributed by atoms with Gasteiger partial charge in [-0.3, -0.25) is 9.59 Å². The van der Waals surface area contributed by atoms with E-state index in [0.29, 0.717) is 0 Å². The van der Waals surface area contributed by atoms with E-state index >= 15 is 0 Å². The molecule has 7 nitrogen and oxygen atoms in total. The Bertz CT molecular complexity index is 401. The molecule has 0 saturated carbocycles. The number of aldehydes is 1. The van der Waals surface area contributed by atoms with E-state index in [9.17, 15) is 14.4 Å². The van der Waals surface area contributed by atoms with E-state index in [-0.39, 0.29) is 48.9 Å². The zero-order chi connectivity index (χ0) is 18.7. The summed E-state index contributed by atoms with van der Waals surface area (Å²) in [6.45, 7) is 5.82. The maximum Gasteiger partial charge on any atom is 0.242 e. The Morgan fingerprint density at radius 2 is 1.92 bits per heavy atom. The third-order valence-electron chi connectivity index (χ3n) is 4.21. The summed E-state index contributed by atoms with van der Waals surface area (Å²) in [7, 11) is 4.94. The Hall–Kier alpha value is -1.47. The van der Waals surface area contributed by atoms with Crippen molar-refractivity contribution in [3.63, 3.8) is 0 Å². The average Bonchev–Trinajstić information content (AvgIpc) is 2.55. The Balaban J connectivity index is 4.80. The molecule has 0 aromatic rings. The van der Waals surface area contributed by atoms with Gasteiger partial charge in [-0.2, -0.15) is 0 Å². The van der Waals surface area contributed by atoms with Crippen LogP contribution >= 0.6 is 0 Å². The zero-order valence-electron chi connectivity index (χ0n) is 15.8. The van der Waals surface area contributed by atoms with Crippen molar-refractivity contribution in [3.05, 3.63) is 0 Å². The fourth-order valence-electron chi connectivity index (χ4n) is 2.78. The van der Waals surface area contributed by atoms with Crippen LogP contribution in [0.4, 0.5) is 0 Å². The summed E-state index contributed by atoms with van der Waals surface area (Å²) in [5.74, 6) is -0.271. The maximum absolute atomic E-state index is 12.4. The van der Waals surface area contributed by atoms with E-state index in [1.807, 2.05) is 20.8 Å². The zero-order valence-corrected chi connectivity index (χ0v) is 15.8. The number of hydrogen-bond donors (Lipinski definition) is 2. The average molecular weight is 343 g/mol. The number of ether oxygens (including phenoxy) is 1. The van der Waals surface area contributed by atoms with Crippen molar-refractivity contribution in [1.29, 1.82) is 0 Å². The molecule has 0 rings (SSSR count). The smallest absolute Gasteiger partial charge is 0.242 e. The molecule has 0 heterocycles. The van der Waals surface area contributed by atoms with Gasteiger partial charge in [-0.25, -0.2) is 0 Å². The van der Waals surface area contributed by atoms with E-state index < -0.39 is 0 Å². The lowest BCUT2D eigenvalue weighted by Gasteiger charge is -2.33. The molecule has 0 radical (unpaired) electrons. The van der Waals surface area contributed by atoms with Gasteiger partial charge in [-0.05, 0) is 19.4 Å². The number of carbonyl (C=O) groups is 3. The molecule has 3 atom stereocenters. The third-order valence-corrected chi connectivity index (χ3v) is 4.21. The fourth-order valence-corrected chi connectivity index (χ4v) is 2.78. The van der Waals surface area contributed by atoms with Crippen LogP contribution in [0.15, 0.2) is 0 Å². The molecule has 0 aromatic heterocycles. The van der Waals surface area contributed by atoms with Crippen molar-refractivity contribution in [2.75, 3.05) is 27.7 Å². The highest BCUT2D eigenvalue weighted by atomic mass is 16.5. The molecule has 0 spiro atoms. The Kier molecular flexibility index (Phi) is 11.2. The summed E-state index contributed by atoms with van der Waals surface area (Å²) < 4.78 is 5.37. The first-order valence-corrected chi connectivity index (χ1v) is 8.50. The van der Waals surface area contributed by atoms with Crippen molar-refractivity contribution >= 4 is 18.1 Å². The minimum absolute atomic E-state index is 0.0715. The minimum atomic E-state index is -0.340. The highest BCUT2D eigenvalue weighted by molar-refractivity contribution is 5.87. The van der Waals surface area contributed by atoms with Crippen LogP contribution in [0.2, 0.25) is 0 Å². The molecule has 2 amide bonds. The first-order chi connectivity index (χ1) is 11.3. The number of hydrogen-bond acceptors (Lipinski definition) is 5. The lowest BCUT2D eigenvalue weighted by molar-refractivity contribution is -0.137. The van der Waals surface area contributed by atoms with Crippen LogP contribution < -0.4 is 10.6 Å². The molecule has 2 N–H and O–H groups in total. The fraction of sp³-hybridized carbons (Fsp3) is 0.824. The molecule has 24 heavy (non-hydrogen) atoms. The molecule has 0 aromatic carbocycles. The summed E-state index contributed by atoms with van der Waals surface area (Å²) in [4.78, 5) is 36.9. The lowest BCUT2D eigenvalue weighted by Crippen LogP contribution is -2.51. The van der Waals surface area contributed by atoms with Gasteiger partial charge < -0.3 is 25.1 Å². The molecule has 0 aliphatic carbocycles. The standard InChI is InChI=1S/C17H33N3O4/c1-7-8-13(14(24-6)9-10-21)20(5)15(22)11-19-17(23)16(18-4)12(2)3/h10,12-14,16,18H,7-9,11H2,1-6H3,(H,19,23). The van der Waals surface area contributed by atoms with Crippen molar-refractivity contribution in [2.45, 2.75) is 58.2 Å². The van der Waals surface area contributed by atoms with Crippen molar-refractivity contribution in [1.82, 2.24) is 15.5 Å². The van der Waals surface area contributed by atoms with E-state index in [4.69, 9.17) is 4.74 Å². The van der Waals surface area contributed by atoms with Gasteiger partial charge in [-0.1, -0.05) is 27.2 Å². The summed E-state index contributed by atoms with van der Waals surface area (Å²) in [6.07, 6.45) is 2.29. The topological polar surface area (TPSA) is 87.7 Å². The molecule has 3 unspecified atom stereocenters. The van der Waals surface area contributed by atoms with Gasteiger partial charge in [0.05, 0.1) is 24.7 Å². The number of likely N-dealkylation sites (N-methyl/N-ethyl adjacent to an activating group) is 2. The van der Waals surface area contributed by atoms with Crippen LogP contribution in [-0.4, -0.2) is 68.9 Å². The van der Waals surface area contributed by atoms with Gasteiger partial charge in [0, 0.05) is 20.6 Å². The van der Waals surface area contributed by atoms with Crippen molar-refractivity contribution in [2.24, 2.45) is 5.92 Å². The molecule has 140 valence electrons. The number of rotatable bonds is 12. The van der Waals surface area contributed by atoms with Crippen LogP contribution in [0, 0.1) is 5.92 Å². The Morgan fingerprint density at radius 3 is 2.33 bits per heavy atom. The molecule has 0 fully saturated rings. The first-order valence-electron chi connectivity index (χ1n) is 8.50. The second-order valence-electron chi connectivity index (χ2n) is 6.27. The minimum Gasteiger partial charge on any atom is -0.379 e. The second-order valence-corrected chi connectivity index (χ2v) is 6.27. The number of methoxy groups -OCH3 is 1. The van der Waals surface area contributed by atoms with Crippen molar-refractivity contribution in [3.8, 4) is 0 Å².